The van der Waals surface area contributed by atoms with Gasteiger partial charge in [-0.3, -0.25) is 9.59 Å². The molecule has 6 nitrogen and oxygen atoms in total. The van der Waals surface area contributed by atoms with Crippen LogP contribution in [-0.2, 0) is 20.7 Å². The smallest absolute Gasteiger partial charge is 0.312 e. The van der Waals surface area contributed by atoms with Crippen molar-refractivity contribution < 1.29 is 18.8 Å². The minimum atomic E-state index is -0.485. The van der Waals surface area contributed by atoms with Crippen LogP contribution in [0.4, 0.5) is 0 Å². The van der Waals surface area contributed by atoms with Crippen molar-refractivity contribution in [1.29, 1.82) is 0 Å². The zero-order chi connectivity index (χ0) is 16.9. The summed E-state index contributed by atoms with van der Waals surface area (Å²) in [4.78, 5) is 23.9. The van der Waals surface area contributed by atoms with Crippen molar-refractivity contribution in [1.82, 2.24) is 10.5 Å². The van der Waals surface area contributed by atoms with Crippen molar-refractivity contribution in [3.63, 3.8) is 0 Å². The highest BCUT2D eigenvalue weighted by molar-refractivity contribution is 5.85. The monoisotopic (exact) mass is 330 g/mol. The lowest BCUT2D eigenvalue weighted by Crippen LogP contribution is -2.43. The Morgan fingerprint density at radius 1 is 1.29 bits per heavy atom. The van der Waals surface area contributed by atoms with Gasteiger partial charge in [0.2, 0.25) is 0 Å². The number of hydrogen-bond acceptors (Lipinski definition) is 5. The molecular formula is C18H22N2O4. The molecular weight excluding hydrogens is 308 g/mol. The second-order valence-electron chi connectivity index (χ2n) is 6.40. The molecule has 24 heavy (non-hydrogen) atoms. The number of benzene rings is 1. The largest absolute Gasteiger partial charge is 0.455 e. The van der Waals surface area contributed by atoms with Crippen molar-refractivity contribution in [2.24, 2.45) is 5.92 Å². The average Bonchev–Trinajstić information content (AvgIpc) is 2.98. The Balaban J connectivity index is 1.47. The zero-order valence-electron chi connectivity index (χ0n) is 13.8. The van der Waals surface area contributed by atoms with Gasteiger partial charge in [-0.2, -0.15) is 0 Å². The van der Waals surface area contributed by atoms with E-state index < -0.39 is 5.97 Å². The molecule has 1 aliphatic carbocycles. The molecule has 1 amide bonds. The van der Waals surface area contributed by atoms with E-state index in [1.807, 2.05) is 18.2 Å². The third kappa shape index (κ3) is 3.93. The Labute approximate surface area is 140 Å². The van der Waals surface area contributed by atoms with E-state index in [0.29, 0.717) is 17.2 Å². The van der Waals surface area contributed by atoms with Gasteiger partial charge in [0, 0.05) is 11.4 Å². The number of aromatic nitrogens is 1. The summed E-state index contributed by atoms with van der Waals surface area (Å²) in [5.41, 5.74) is 1.15. The fraction of sp³-hybridized carbons (Fsp3) is 0.500. The summed E-state index contributed by atoms with van der Waals surface area (Å²) in [7, 11) is 0. The Hall–Kier alpha value is -2.37. The molecule has 1 aliphatic rings. The van der Waals surface area contributed by atoms with Crippen LogP contribution in [-0.4, -0.2) is 29.7 Å². The normalized spacial score (nSPS) is 20.7. The molecule has 2 atom stereocenters. The van der Waals surface area contributed by atoms with E-state index in [0.717, 1.165) is 24.6 Å². The Morgan fingerprint density at radius 3 is 2.92 bits per heavy atom. The number of ether oxygens (including phenoxy) is 1. The Bertz CT molecular complexity index is 725. The van der Waals surface area contributed by atoms with Crippen molar-refractivity contribution >= 4 is 22.8 Å². The molecule has 0 saturated heterocycles. The molecule has 1 N–H and O–H groups in total. The molecule has 1 aromatic carbocycles. The van der Waals surface area contributed by atoms with Crippen LogP contribution < -0.4 is 5.32 Å². The number of nitrogens with zero attached hydrogens (tertiary/aromatic N) is 1. The van der Waals surface area contributed by atoms with Crippen LogP contribution in [0.2, 0.25) is 0 Å². The summed E-state index contributed by atoms with van der Waals surface area (Å²) >= 11 is 0. The van der Waals surface area contributed by atoms with Crippen LogP contribution in [0.1, 0.15) is 38.3 Å². The minimum Gasteiger partial charge on any atom is -0.455 e. The highest BCUT2D eigenvalue weighted by Gasteiger charge is 2.23. The van der Waals surface area contributed by atoms with Gasteiger partial charge >= 0.3 is 5.97 Å². The van der Waals surface area contributed by atoms with Gasteiger partial charge in [0.15, 0.2) is 12.2 Å². The summed E-state index contributed by atoms with van der Waals surface area (Å²) < 4.78 is 10.2. The number of nitrogens with one attached hydrogen (secondary N) is 1. The van der Waals surface area contributed by atoms with Gasteiger partial charge in [0.25, 0.3) is 5.91 Å². The number of fused-ring (bicyclic) bond motifs is 1. The van der Waals surface area contributed by atoms with Crippen molar-refractivity contribution in [2.45, 2.75) is 45.1 Å². The van der Waals surface area contributed by atoms with Crippen LogP contribution in [0, 0.1) is 5.92 Å². The van der Waals surface area contributed by atoms with Crippen LogP contribution in [0.15, 0.2) is 28.8 Å². The van der Waals surface area contributed by atoms with Gasteiger partial charge in [0.05, 0.1) is 6.42 Å². The molecule has 1 fully saturated rings. The maximum atomic E-state index is 12.0. The second kappa shape index (κ2) is 7.47. The second-order valence-corrected chi connectivity index (χ2v) is 6.40. The molecule has 0 unspecified atom stereocenters. The number of esters is 1. The topological polar surface area (TPSA) is 81.4 Å². The highest BCUT2D eigenvalue weighted by atomic mass is 16.5. The Kier molecular flexibility index (Phi) is 5.13. The molecule has 0 spiro atoms. The quantitative estimate of drug-likeness (QED) is 0.852. The summed E-state index contributed by atoms with van der Waals surface area (Å²) in [5, 5.41) is 7.64. The van der Waals surface area contributed by atoms with E-state index in [4.69, 9.17) is 9.26 Å². The van der Waals surface area contributed by atoms with Gasteiger partial charge in [-0.15, -0.1) is 0 Å². The van der Waals surface area contributed by atoms with Crippen LogP contribution in [0.3, 0.4) is 0 Å². The first-order valence-corrected chi connectivity index (χ1v) is 8.42. The van der Waals surface area contributed by atoms with Gasteiger partial charge in [-0.05, 0) is 30.9 Å². The Morgan fingerprint density at radius 2 is 2.08 bits per heavy atom. The number of carbonyl (C=O) groups excluding carboxylic acids is 2. The molecule has 128 valence electrons. The van der Waals surface area contributed by atoms with E-state index in [2.05, 4.69) is 17.4 Å². The summed E-state index contributed by atoms with van der Waals surface area (Å²) in [5.74, 6) is -0.257. The SMILES string of the molecule is C[C@@H]1CCCC[C@@H]1NC(=O)COC(=O)Cc1noc2ccccc12. The van der Waals surface area contributed by atoms with E-state index in [9.17, 15) is 9.59 Å². The van der Waals surface area contributed by atoms with Gasteiger partial charge < -0.3 is 14.6 Å². The molecule has 2 aromatic rings. The average molecular weight is 330 g/mol. The minimum absolute atomic E-state index is 0.00980. The van der Waals surface area contributed by atoms with Crippen LogP contribution >= 0.6 is 0 Å². The number of para-hydroxylation sites is 1. The predicted octanol–water partition coefficient (Wildman–Crippen LogP) is 2.61. The molecule has 3 rings (SSSR count). The predicted molar refractivity (Wildman–Crippen MR) is 88.2 cm³/mol. The lowest BCUT2D eigenvalue weighted by atomic mass is 9.86. The highest BCUT2D eigenvalue weighted by Crippen LogP contribution is 2.23. The molecule has 0 bridgehead atoms. The fourth-order valence-corrected chi connectivity index (χ4v) is 3.18. The maximum Gasteiger partial charge on any atom is 0.312 e. The molecule has 0 radical (unpaired) electrons. The van der Waals surface area contributed by atoms with Crippen LogP contribution in [0.5, 0.6) is 0 Å². The van der Waals surface area contributed by atoms with Gasteiger partial charge in [-0.1, -0.05) is 37.1 Å². The summed E-state index contributed by atoms with van der Waals surface area (Å²) in [6, 6.07) is 7.51. The van der Waals surface area contributed by atoms with E-state index in [-0.39, 0.29) is 25.0 Å². The van der Waals surface area contributed by atoms with Gasteiger partial charge in [0.1, 0.15) is 5.69 Å². The fourth-order valence-electron chi connectivity index (χ4n) is 3.18. The van der Waals surface area contributed by atoms with Gasteiger partial charge in [-0.25, -0.2) is 0 Å². The number of rotatable bonds is 5. The molecule has 1 saturated carbocycles. The number of hydrogen-bond donors (Lipinski definition) is 1. The van der Waals surface area contributed by atoms with E-state index >= 15 is 0 Å². The summed E-state index contributed by atoms with van der Waals surface area (Å²) in [6.45, 7) is 1.89. The first-order chi connectivity index (χ1) is 11.6. The van der Waals surface area contributed by atoms with E-state index in [1.165, 1.54) is 6.42 Å². The third-order valence-corrected chi connectivity index (χ3v) is 4.59. The van der Waals surface area contributed by atoms with E-state index in [1.54, 1.807) is 6.07 Å². The lowest BCUT2D eigenvalue weighted by Gasteiger charge is -2.29. The standard InChI is InChI=1S/C18H22N2O4/c1-12-6-2-4-8-14(12)19-17(21)11-23-18(22)10-15-13-7-3-5-9-16(13)24-20-15/h3,5,7,9,12,14H,2,4,6,8,10-11H2,1H3,(H,19,21)/t12-,14+/m1/s1. The number of amides is 1. The molecule has 1 heterocycles. The molecule has 1 aromatic heterocycles. The summed E-state index contributed by atoms with van der Waals surface area (Å²) in [6.07, 6.45) is 4.46. The van der Waals surface area contributed by atoms with Crippen molar-refractivity contribution in [2.75, 3.05) is 6.61 Å². The lowest BCUT2D eigenvalue weighted by molar-refractivity contribution is -0.148. The number of carbonyl (C=O) groups is 2. The molecule has 6 heteroatoms. The molecule has 0 aliphatic heterocycles. The van der Waals surface area contributed by atoms with Crippen molar-refractivity contribution in [3.05, 3.63) is 30.0 Å². The maximum absolute atomic E-state index is 12.0. The van der Waals surface area contributed by atoms with Crippen molar-refractivity contribution in [3.8, 4) is 0 Å². The first kappa shape index (κ1) is 16.5. The van der Waals surface area contributed by atoms with Crippen LogP contribution in [0.25, 0.3) is 11.0 Å². The first-order valence-electron chi connectivity index (χ1n) is 8.42. The zero-order valence-corrected chi connectivity index (χ0v) is 13.8. The third-order valence-electron chi connectivity index (χ3n) is 4.59.